The number of nitrogens with one attached hydrogen (secondary N) is 1. The third-order valence-electron chi connectivity index (χ3n) is 4.93. The second kappa shape index (κ2) is 10.1. The van der Waals surface area contributed by atoms with Crippen molar-refractivity contribution in [1.82, 2.24) is 0 Å². The average Bonchev–Trinajstić information content (AvgIpc) is 3.32. The van der Waals surface area contributed by atoms with E-state index in [0.29, 0.717) is 0 Å². The van der Waals surface area contributed by atoms with Crippen LogP contribution in [0.5, 0.6) is 0 Å². The Kier molecular flexibility index (Phi) is 6.76. The summed E-state index contributed by atoms with van der Waals surface area (Å²) >= 11 is 1.88. The molecule has 0 radical (unpaired) electrons. The fourth-order valence-corrected chi connectivity index (χ4v) is 4.58. The van der Waals surface area contributed by atoms with E-state index in [1.807, 2.05) is 42.1 Å². The van der Waals surface area contributed by atoms with Crippen molar-refractivity contribution < 1.29 is 4.58 Å². The van der Waals surface area contributed by atoms with E-state index in [4.69, 9.17) is 5.10 Å². The fraction of sp³-hybridized carbons (Fsp3) is 0.200. The maximum absolute atomic E-state index is 4.89. The van der Waals surface area contributed by atoms with Crippen LogP contribution in [0.25, 0.3) is 0 Å². The molecule has 29 heavy (non-hydrogen) atoms. The Morgan fingerprint density at radius 1 is 0.793 bits per heavy atom. The lowest BCUT2D eigenvalue weighted by molar-refractivity contribution is -0.501. The summed E-state index contributed by atoms with van der Waals surface area (Å²) in [4.78, 5) is 0. The van der Waals surface area contributed by atoms with E-state index in [9.17, 15) is 0 Å². The second-order valence-corrected chi connectivity index (χ2v) is 8.04. The maximum atomic E-state index is 4.89. The maximum Gasteiger partial charge on any atom is 0.263 e. The summed E-state index contributed by atoms with van der Waals surface area (Å²) in [5, 5.41) is 6.14. The van der Waals surface area contributed by atoms with E-state index in [1.165, 1.54) is 23.4 Å². The highest BCUT2D eigenvalue weighted by molar-refractivity contribution is 8.14. The molecule has 146 valence electrons. The van der Waals surface area contributed by atoms with Crippen LogP contribution in [0.4, 0.5) is 5.69 Å². The van der Waals surface area contributed by atoms with E-state index >= 15 is 0 Å². The van der Waals surface area contributed by atoms with Crippen LogP contribution in [-0.4, -0.2) is 28.4 Å². The summed E-state index contributed by atoms with van der Waals surface area (Å²) in [7, 11) is 0. The Labute approximate surface area is 177 Å². The van der Waals surface area contributed by atoms with Gasteiger partial charge in [0.2, 0.25) is 0 Å². The zero-order chi connectivity index (χ0) is 19.7. The predicted octanol–water partition coefficient (Wildman–Crippen LogP) is 5.64. The van der Waals surface area contributed by atoms with E-state index in [2.05, 4.69) is 70.7 Å². The average molecular weight is 401 g/mol. The standard InChI is InChI=1S/C25H25N3S/c1-4-12-21(13-5-1)20-29-25(28-18-10-11-19-28)24(22-14-6-2-7-15-22)27-26-23-16-8-3-9-17-23/h1-9,12-17H,10-11,18-20H2/p+1. The van der Waals surface area contributed by atoms with E-state index in [1.54, 1.807) is 0 Å². The van der Waals surface area contributed by atoms with Crippen molar-refractivity contribution in [1.29, 1.82) is 0 Å². The van der Waals surface area contributed by atoms with Crippen molar-refractivity contribution in [2.75, 3.05) is 18.5 Å². The van der Waals surface area contributed by atoms with Gasteiger partial charge in [-0.05, 0) is 17.7 Å². The molecule has 1 saturated heterocycles. The Morgan fingerprint density at radius 3 is 2.03 bits per heavy atom. The van der Waals surface area contributed by atoms with Crippen LogP contribution in [0.2, 0.25) is 0 Å². The van der Waals surface area contributed by atoms with Gasteiger partial charge in [0.25, 0.3) is 5.04 Å². The molecule has 0 aromatic heterocycles. The molecule has 0 atom stereocenters. The minimum atomic E-state index is 0.934. The molecular formula is C25H26N3S+. The number of thioether (sulfide) groups is 1. The van der Waals surface area contributed by atoms with Gasteiger partial charge in [-0.2, -0.15) is 5.10 Å². The van der Waals surface area contributed by atoms with Gasteiger partial charge in [-0.1, -0.05) is 90.6 Å². The van der Waals surface area contributed by atoms with Crippen molar-refractivity contribution in [2.24, 2.45) is 5.10 Å². The van der Waals surface area contributed by atoms with Crippen LogP contribution >= 0.6 is 11.8 Å². The number of hydrogen-bond acceptors (Lipinski definition) is 3. The van der Waals surface area contributed by atoms with Crippen LogP contribution in [0, 0.1) is 0 Å². The fourth-order valence-electron chi connectivity index (χ4n) is 3.42. The van der Waals surface area contributed by atoms with Crippen molar-refractivity contribution in [3.05, 3.63) is 102 Å². The van der Waals surface area contributed by atoms with Gasteiger partial charge in [0.15, 0.2) is 5.71 Å². The third-order valence-corrected chi connectivity index (χ3v) is 6.13. The lowest BCUT2D eigenvalue weighted by Crippen LogP contribution is -2.26. The second-order valence-electron chi connectivity index (χ2n) is 7.08. The van der Waals surface area contributed by atoms with Gasteiger partial charge in [-0.3, -0.25) is 5.43 Å². The number of hydrazone groups is 1. The van der Waals surface area contributed by atoms with Crippen molar-refractivity contribution in [2.45, 2.75) is 18.6 Å². The number of hydrogen-bond donors (Lipinski definition) is 1. The highest BCUT2D eigenvalue weighted by Crippen LogP contribution is 2.20. The van der Waals surface area contributed by atoms with Crippen molar-refractivity contribution in [3.8, 4) is 0 Å². The lowest BCUT2D eigenvalue weighted by atomic mass is 10.1. The molecule has 1 N–H and O–H groups in total. The summed E-state index contributed by atoms with van der Waals surface area (Å²) in [6, 6.07) is 31.3. The van der Waals surface area contributed by atoms with Gasteiger partial charge >= 0.3 is 0 Å². The number of para-hydroxylation sites is 1. The molecule has 4 heteroatoms. The van der Waals surface area contributed by atoms with Gasteiger partial charge in [0.05, 0.1) is 5.69 Å². The molecule has 0 spiro atoms. The van der Waals surface area contributed by atoms with E-state index < -0.39 is 0 Å². The molecule has 0 saturated carbocycles. The molecular weight excluding hydrogens is 374 g/mol. The first-order valence-electron chi connectivity index (χ1n) is 10.1. The van der Waals surface area contributed by atoms with E-state index in [0.717, 1.165) is 35.8 Å². The van der Waals surface area contributed by atoms with Crippen LogP contribution in [-0.2, 0) is 5.75 Å². The molecule has 3 nitrogen and oxygen atoms in total. The van der Waals surface area contributed by atoms with Gasteiger partial charge in [0, 0.05) is 24.2 Å². The first-order chi connectivity index (χ1) is 14.4. The summed E-state index contributed by atoms with van der Waals surface area (Å²) in [6.07, 6.45) is 2.48. The molecule has 1 fully saturated rings. The normalized spacial score (nSPS) is 14.1. The highest BCUT2D eigenvalue weighted by atomic mass is 32.2. The number of nitrogens with zero attached hydrogens (tertiary/aromatic N) is 2. The Hall–Kier alpha value is -2.85. The highest BCUT2D eigenvalue weighted by Gasteiger charge is 2.26. The van der Waals surface area contributed by atoms with Gasteiger partial charge in [-0.25, -0.2) is 4.58 Å². The number of anilines is 1. The topological polar surface area (TPSA) is 27.4 Å². The first kappa shape index (κ1) is 19.5. The Bertz CT molecular complexity index is 959. The molecule has 0 unspecified atom stereocenters. The smallest absolute Gasteiger partial charge is 0.263 e. The monoisotopic (exact) mass is 400 g/mol. The third kappa shape index (κ3) is 5.36. The van der Waals surface area contributed by atoms with Gasteiger partial charge in [0.1, 0.15) is 13.1 Å². The quantitative estimate of drug-likeness (QED) is 0.251. The van der Waals surface area contributed by atoms with E-state index in [-0.39, 0.29) is 0 Å². The molecule has 0 bridgehead atoms. The van der Waals surface area contributed by atoms with Gasteiger partial charge in [-0.15, -0.1) is 0 Å². The van der Waals surface area contributed by atoms with Crippen molar-refractivity contribution in [3.63, 3.8) is 0 Å². The molecule has 3 aromatic carbocycles. The Balaban J connectivity index is 1.69. The number of benzene rings is 3. The SMILES string of the molecule is c1ccc(CSC(C(=NNc2ccccc2)c2ccccc2)=[N+]2CCCC2)cc1. The summed E-state index contributed by atoms with van der Waals surface area (Å²) in [5.74, 6) is 0.934. The molecule has 1 aliphatic heterocycles. The molecule has 4 rings (SSSR count). The zero-order valence-corrected chi connectivity index (χ0v) is 17.3. The summed E-state index contributed by atoms with van der Waals surface area (Å²) in [6.45, 7) is 2.18. The summed E-state index contributed by atoms with van der Waals surface area (Å²) < 4.78 is 2.49. The lowest BCUT2D eigenvalue weighted by Gasteiger charge is -2.11. The molecule has 3 aromatic rings. The minimum absolute atomic E-state index is 0.934. The largest absolute Gasteiger partial charge is 0.278 e. The van der Waals surface area contributed by atoms with Crippen LogP contribution in [0.3, 0.4) is 0 Å². The first-order valence-corrected chi connectivity index (χ1v) is 11.1. The van der Waals surface area contributed by atoms with Crippen LogP contribution in [0.1, 0.15) is 24.0 Å². The van der Waals surface area contributed by atoms with Gasteiger partial charge < -0.3 is 0 Å². The summed E-state index contributed by atoms with van der Waals surface area (Å²) in [5.41, 5.74) is 7.75. The Morgan fingerprint density at radius 2 is 1.38 bits per heavy atom. The number of rotatable bonds is 6. The zero-order valence-electron chi connectivity index (χ0n) is 16.5. The van der Waals surface area contributed by atoms with Crippen LogP contribution in [0.15, 0.2) is 96.1 Å². The predicted molar refractivity (Wildman–Crippen MR) is 125 cm³/mol. The van der Waals surface area contributed by atoms with Crippen molar-refractivity contribution >= 4 is 28.2 Å². The molecule has 0 aliphatic carbocycles. The molecule has 1 aliphatic rings. The minimum Gasteiger partial charge on any atom is -0.278 e. The van der Waals surface area contributed by atoms with Crippen LogP contribution < -0.4 is 5.43 Å². The molecule has 0 amide bonds. The molecule has 1 heterocycles.